The monoisotopic (exact) mass is 474 g/mol. The highest BCUT2D eigenvalue weighted by Crippen LogP contribution is 2.22. The Labute approximate surface area is 202 Å². The zero-order valence-electron chi connectivity index (χ0n) is 19.6. The Hall–Kier alpha value is -1.98. The van der Waals surface area contributed by atoms with Gasteiger partial charge in [-0.05, 0) is 43.9 Å². The molecule has 2 amide bonds. The first kappa shape index (κ1) is 26.3. The van der Waals surface area contributed by atoms with Crippen molar-refractivity contribution in [1.29, 1.82) is 0 Å². The topological polar surface area (TPSA) is 49.4 Å². The zero-order valence-corrected chi connectivity index (χ0v) is 21.2. The van der Waals surface area contributed by atoms with E-state index < -0.39 is 6.04 Å². The normalized spacial score (nSPS) is 11.8. The van der Waals surface area contributed by atoms with Crippen molar-refractivity contribution >= 4 is 35.2 Å². The van der Waals surface area contributed by atoms with Gasteiger partial charge in [0.25, 0.3) is 0 Å². The van der Waals surface area contributed by atoms with Crippen LogP contribution in [0.4, 0.5) is 0 Å². The number of thioether (sulfide) groups is 1. The molecule has 32 heavy (non-hydrogen) atoms. The molecule has 1 N–H and O–H groups in total. The molecule has 0 aliphatic heterocycles. The fraction of sp³-hybridized carbons (Fsp3) is 0.462. The number of nitrogens with one attached hydrogen (secondary N) is 1. The summed E-state index contributed by atoms with van der Waals surface area (Å²) in [7, 11) is 0. The van der Waals surface area contributed by atoms with Crippen molar-refractivity contribution in [2.24, 2.45) is 0 Å². The number of benzene rings is 2. The Bertz CT molecular complexity index is 883. The molecular weight excluding hydrogens is 440 g/mol. The molecule has 2 aromatic rings. The van der Waals surface area contributed by atoms with Crippen LogP contribution in [0.5, 0.6) is 0 Å². The van der Waals surface area contributed by atoms with Crippen LogP contribution in [0.1, 0.15) is 55.4 Å². The minimum Gasteiger partial charge on any atom is -0.354 e. The fourth-order valence-corrected chi connectivity index (χ4v) is 4.77. The van der Waals surface area contributed by atoms with E-state index in [-0.39, 0.29) is 11.8 Å². The molecule has 1 atom stereocenters. The van der Waals surface area contributed by atoms with E-state index in [4.69, 9.17) is 11.6 Å². The van der Waals surface area contributed by atoms with Crippen molar-refractivity contribution < 1.29 is 9.59 Å². The van der Waals surface area contributed by atoms with Crippen LogP contribution in [0.3, 0.4) is 0 Å². The lowest BCUT2D eigenvalue weighted by molar-refractivity contribution is -0.139. The Kier molecular flexibility index (Phi) is 11.1. The molecule has 0 spiro atoms. The van der Waals surface area contributed by atoms with Crippen molar-refractivity contribution in [2.45, 2.75) is 65.3 Å². The van der Waals surface area contributed by atoms with Gasteiger partial charge in [0.05, 0.1) is 5.75 Å². The molecule has 2 aromatic carbocycles. The number of hydrogen-bond acceptors (Lipinski definition) is 3. The van der Waals surface area contributed by atoms with Gasteiger partial charge in [-0.2, -0.15) is 0 Å². The summed E-state index contributed by atoms with van der Waals surface area (Å²) in [6.45, 7) is 9.15. The summed E-state index contributed by atoms with van der Waals surface area (Å²) >= 11 is 7.95. The molecule has 0 aromatic heterocycles. The quantitative estimate of drug-likeness (QED) is 0.389. The standard InChI is InChI=1S/C26H35ClN2O2S/c1-5-7-12-28-26(31)24(6-2)29(16-22-10-8-9-11-23(22)27)25(30)18-32-17-21-14-19(3)13-20(4)15-21/h8-11,13-15,24H,5-7,12,16-18H2,1-4H3,(H,28,31). The minimum atomic E-state index is -0.516. The van der Waals surface area contributed by atoms with Crippen molar-refractivity contribution in [3.8, 4) is 0 Å². The molecule has 2 rings (SSSR count). The van der Waals surface area contributed by atoms with Gasteiger partial charge in [0.2, 0.25) is 11.8 Å². The second-order valence-corrected chi connectivity index (χ2v) is 9.56. The second kappa shape index (κ2) is 13.5. The summed E-state index contributed by atoms with van der Waals surface area (Å²) in [6.07, 6.45) is 2.48. The molecule has 6 heteroatoms. The van der Waals surface area contributed by atoms with Gasteiger partial charge in [-0.25, -0.2) is 0 Å². The lowest BCUT2D eigenvalue weighted by Gasteiger charge is -2.31. The number of amides is 2. The van der Waals surface area contributed by atoms with Crippen molar-refractivity contribution in [3.05, 3.63) is 69.7 Å². The maximum atomic E-state index is 13.3. The highest BCUT2D eigenvalue weighted by atomic mass is 35.5. The third-order valence-corrected chi connectivity index (χ3v) is 6.65. The Balaban J connectivity index is 2.13. The SMILES string of the molecule is CCCCNC(=O)C(CC)N(Cc1ccccc1Cl)C(=O)CSCc1cc(C)cc(C)c1. The van der Waals surface area contributed by atoms with E-state index in [1.807, 2.05) is 31.2 Å². The number of carbonyl (C=O) groups excluding carboxylic acids is 2. The zero-order chi connectivity index (χ0) is 23.5. The number of nitrogens with zero attached hydrogens (tertiary/aromatic N) is 1. The van der Waals surface area contributed by atoms with Gasteiger partial charge in [0.15, 0.2) is 0 Å². The first-order valence-corrected chi connectivity index (χ1v) is 12.8. The van der Waals surface area contributed by atoms with Crippen LogP contribution in [0.15, 0.2) is 42.5 Å². The molecule has 0 radical (unpaired) electrons. The maximum absolute atomic E-state index is 13.3. The van der Waals surface area contributed by atoms with Gasteiger partial charge in [-0.15, -0.1) is 11.8 Å². The van der Waals surface area contributed by atoms with Crippen LogP contribution in [0, 0.1) is 13.8 Å². The van der Waals surface area contributed by atoms with Crippen LogP contribution in [0.25, 0.3) is 0 Å². The Morgan fingerprint density at radius 3 is 2.41 bits per heavy atom. The fourth-order valence-electron chi connectivity index (χ4n) is 3.73. The van der Waals surface area contributed by atoms with Gasteiger partial charge in [0, 0.05) is 23.9 Å². The number of aryl methyl sites for hydroxylation is 2. The van der Waals surface area contributed by atoms with Gasteiger partial charge < -0.3 is 10.2 Å². The molecule has 0 aliphatic carbocycles. The number of halogens is 1. The molecule has 0 saturated carbocycles. The van der Waals surface area contributed by atoms with E-state index in [1.165, 1.54) is 16.7 Å². The molecule has 1 unspecified atom stereocenters. The van der Waals surface area contributed by atoms with Crippen molar-refractivity contribution in [1.82, 2.24) is 10.2 Å². The lowest BCUT2D eigenvalue weighted by Crippen LogP contribution is -2.49. The highest BCUT2D eigenvalue weighted by molar-refractivity contribution is 7.99. The number of rotatable bonds is 12. The van der Waals surface area contributed by atoms with Crippen LogP contribution in [-0.2, 0) is 21.9 Å². The van der Waals surface area contributed by atoms with E-state index in [9.17, 15) is 9.59 Å². The van der Waals surface area contributed by atoms with E-state index in [0.717, 1.165) is 24.2 Å². The summed E-state index contributed by atoms with van der Waals surface area (Å²) in [5, 5.41) is 3.60. The predicted octanol–water partition coefficient (Wildman–Crippen LogP) is 5.91. The molecule has 0 saturated heterocycles. The highest BCUT2D eigenvalue weighted by Gasteiger charge is 2.28. The van der Waals surface area contributed by atoms with E-state index >= 15 is 0 Å². The smallest absolute Gasteiger partial charge is 0.242 e. The third kappa shape index (κ3) is 8.18. The van der Waals surface area contributed by atoms with E-state index in [2.05, 4.69) is 44.3 Å². The molecular formula is C26H35ClN2O2S. The van der Waals surface area contributed by atoms with Crippen molar-refractivity contribution in [3.63, 3.8) is 0 Å². The molecule has 0 heterocycles. The summed E-state index contributed by atoms with van der Waals surface area (Å²) in [5.41, 5.74) is 4.51. The molecule has 174 valence electrons. The van der Waals surface area contributed by atoms with Crippen LogP contribution >= 0.6 is 23.4 Å². The Morgan fingerprint density at radius 2 is 1.78 bits per heavy atom. The molecule has 0 bridgehead atoms. The summed E-state index contributed by atoms with van der Waals surface area (Å²) in [5.74, 6) is 0.932. The Morgan fingerprint density at radius 1 is 1.09 bits per heavy atom. The van der Waals surface area contributed by atoms with Gasteiger partial charge in [0.1, 0.15) is 6.04 Å². The number of hydrogen-bond donors (Lipinski definition) is 1. The molecule has 0 aliphatic rings. The van der Waals surface area contributed by atoms with Crippen LogP contribution < -0.4 is 5.32 Å². The third-order valence-electron chi connectivity index (χ3n) is 5.29. The first-order chi connectivity index (χ1) is 15.3. The summed E-state index contributed by atoms with van der Waals surface area (Å²) in [4.78, 5) is 27.9. The minimum absolute atomic E-state index is 0.0446. The molecule has 4 nitrogen and oxygen atoms in total. The summed E-state index contributed by atoms with van der Waals surface area (Å²) < 4.78 is 0. The lowest BCUT2D eigenvalue weighted by atomic mass is 10.1. The van der Waals surface area contributed by atoms with E-state index in [0.29, 0.717) is 30.3 Å². The second-order valence-electron chi connectivity index (χ2n) is 8.17. The predicted molar refractivity (Wildman–Crippen MR) is 136 cm³/mol. The first-order valence-electron chi connectivity index (χ1n) is 11.3. The van der Waals surface area contributed by atoms with Crippen LogP contribution in [-0.4, -0.2) is 35.1 Å². The number of unbranched alkanes of at least 4 members (excludes halogenated alkanes) is 1. The van der Waals surface area contributed by atoms with Gasteiger partial charge >= 0.3 is 0 Å². The van der Waals surface area contributed by atoms with Crippen molar-refractivity contribution in [2.75, 3.05) is 12.3 Å². The van der Waals surface area contributed by atoms with E-state index in [1.54, 1.807) is 16.7 Å². The average Bonchev–Trinajstić information content (AvgIpc) is 2.74. The van der Waals surface area contributed by atoms with Crippen LogP contribution in [0.2, 0.25) is 5.02 Å². The average molecular weight is 475 g/mol. The van der Waals surface area contributed by atoms with Gasteiger partial charge in [-0.3, -0.25) is 9.59 Å². The maximum Gasteiger partial charge on any atom is 0.242 e. The number of carbonyl (C=O) groups is 2. The summed E-state index contributed by atoms with van der Waals surface area (Å²) in [6, 6.07) is 13.4. The largest absolute Gasteiger partial charge is 0.354 e. The van der Waals surface area contributed by atoms with Gasteiger partial charge in [-0.1, -0.05) is 79.4 Å². The molecule has 0 fully saturated rings.